The van der Waals surface area contributed by atoms with Crippen LogP contribution in [0.15, 0.2) is 82.8 Å². The molecule has 3 aromatic rings. The Morgan fingerprint density at radius 1 is 0.969 bits per heavy atom. The fourth-order valence-corrected chi connectivity index (χ4v) is 5.64. The Bertz CT molecular complexity index is 1410. The summed E-state index contributed by atoms with van der Waals surface area (Å²) >= 11 is 0. The normalized spacial score (nSPS) is 14.6. The summed E-state index contributed by atoms with van der Waals surface area (Å²) in [5, 5.41) is 2.46. The Hall–Kier alpha value is -3.77. The lowest BCUT2D eigenvalue weighted by Crippen LogP contribution is -2.37. The van der Waals surface area contributed by atoms with Crippen LogP contribution >= 0.6 is 0 Å². The van der Waals surface area contributed by atoms with E-state index in [1.807, 2.05) is 0 Å². The largest absolute Gasteiger partial charge is 0.325 e. The molecule has 0 spiro atoms. The van der Waals surface area contributed by atoms with Gasteiger partial charge in [-0.2, -0.15) is 0 Å². The number of nitrogens with one attached hydrogen (secondary N) is 2. The second-order valence-electron chi connectivity index (χ2n) is 6.73. The number of nitrogens with zero attached hydrogens (tertiary/aromatic N) is 2. The van der Waals surface area contributed by atoms with Gasteiger partial charge < -0.3 is 5.32 Å². The van der Waals surface area contributed by atoms with Gasteiger partial charge in [0, 0.05) is 11.9 Å². The summed E-state index contributed by atoms with van der Waals surface area (Å²) < 4.78 is 52.8. The average Bonchev–Trinajstić information content (AvgIpc) is 2.95. The van der Waals surface area contributed by atoms with Crippen molar-refractivity contribution in [3.05, 3.63) is 78.6 Å². The van der Waals surface area contributed by atoms with E-state index in [-0.39, 0.29) is 21.0 Å². The first-order valence-electron chi connectivity index (χ1n) is 9.17. The zero-order chi connectivity index (χ0) is 22.9. The highest BCUT2D eigenvalue weighted by molar-refractivity contribution is 7.92. The van der Waals surface area contributed by atoms with E-state index in [1.54, 1.807) is 12.1 Å². The Labute approximate surface area is 184 Å². The number of amides is 2. The smallest absolute Gasteiger partial charge is 0.269 e. The molecule has 1 aliphatic rings. The Morgan fingerprint density at radius 2 is 1.69 bits per heavy atom. The van der Waals surface area contributed by atoms with E-state index in [0.29, 0.717) is 9.99 Å². The number of benzene rings is 2. The molecule has 0 saturated carbocycles. The monoisotopic (exact) mass is 472 g/mol. The molecular weight excluding hydrogens is 456 g/mol. The summed E-state index contributed by atoms with van der Waals surface area (Å²) in [6.45, 7) is -0.710. The molecular formula is C20H16N4O6S2. The lowest BCUT2D eigenvalue weighted by Gasteiger charge is -2.15. The Morgan fingerprint density at radius 3 is 2.34 bits per heavy atom. The van der Waals surface area contributed by atoms with Crippen molar-refractivity contribution in [1.29, 1.82) is 0 Å². The van der Waals surface area contributed by atoms with E-state index in [1.165, 1.54) is 60.9 Å². The molecule has 0 bridgehead atoms. The number of pyridine rings is 1. The van der Waals surface area contributed by atoms with Gasteiger partial charge in [-0.3, -0.25) is 19.3 Å². The number of rotatable bonds is 6. The highest BCUT2D eigenvalue weighted by Crippen LogP contribution is 2.29. The van der Waals surface area contributed by atoms with Gasteiger partial charge in [-0.05, 0) is 48.5 Å². The first-order chi connectivity index (χ1) is 15.2. The molecule has 0 fully saturated rings. The number of carbonyl (C=O) groups is 2. The molecule has 0 unspecified atom stereocenters. The highest BCUT2D eigenvalue weighted by Gasteiger charge is 2.41. The first-order valence-corrected chi connectivity index (χ1v) is 12.1. The van der Waals surface area contributed by atoms with Crippen molar-refractivity contribution in [1.82, 2.24) is 9.29 Å². The van der Waals surface area contributed by atoms with Crippen LogP contribution in [-0.4, -0.2) is 44.5 Å². The third-order valence-corrected chi connectivity index (χ3v) is 7.75. The van der Waals surface area contributed by atoms with E-state index in [2.05, 4.69) is 15.0 Å². The number of carbonyl (C=O) groups excluding carboxylic acids is 2. The maximum Gasteiger partial charge on any atom is 0.269 e. The number of hydrogen-bond donors (Lipinski definition) is 2. The molecule has 0 atom stereocenters. The molecule has 32 heavy (non-hydrogen) atoms. The summed E-state index contributed by atoms with van der Waals surface area (Å²) in [7, 11) is -7.97. The van der Waals surface area contributed by atoms with Gasteiger partial charge in [0.15, 0.2) is 0 Å². The molecule has 2 amide bonds. The number of anilines is 2. The number of hydrogen-bond acceptors (Lipinski definition) is 7. The molecule has 164 valence electrons. The Balaban J connectivity index is 1.44. The molecule has 2 heterocycles. The van der Waals surface area contributed by atoms with Crippen molar-refractivity contribution in [3.8, 4) is 0 Å². The fraction of sp³-hybridized carbons (Fsp3) is 0.0500. The zero-order valence-corrected chi connectivity index (χ0v) is 17.9. The van der Waals surface area contributed by atoms with Crippen molar-refractivity contribution >= 4 is 43.2 Å². The molecule has 1 aromatic heterocycles. The van der Waals surface area contributed by atoms with Crippen molar-refractivity contribution in [3.63, 3.8) is 0 Å². The lowest BCUT2D eigenvalue weighted by atomic mass is 10.2. The molecule has 4 rings (SSSR count). The van der Waals surface area contributed by atoms with Crippen LogP contribution in [0.25, 0.3) is 0 Å². The van der Waals surface area contributed by atoms with Crippen LogP contribution in [-0.2, 0) is 24.8 Å². The van der Waals surface area contributed by atoms with Gasteiger partial charge in [-0.15, -0.1) is 0 Å². The zero-order valence-electron chi connectivity index (χ0n) is 16.3. The minimum atomic E-state index is -4.11. The van der Waals surface area contributed by atoms with Crippen LogP contribution in [0.5, 0.6) is 0 Å². The van der Waals surface area contributed by atoms with Gasteiger partial charge in [-0.25, -0.2) is 21.1 Å². The molecule has 10 nitrogen and oxygen atoms in total. The van der Waals surface area contributed by atoms with Gasteiger partial charge >= 0.3 is 0 Å². The van der Waals surface area contributed by atoms with E-state index < -0.39 is 38.4 Å². The van der Waals surface area contributed by atoms with Gasteiger partial charge in [0.05, 0.1) is 22.3 Å². The highest BCUT2D eigenvalue weighted by atomic mass is 32.2. The second-order valence-corrected chi connectivity index (χ2v) is 10.2. The minimum Gasteiger partial charge on any atom is -0.325 e. The maximum absolute atomic E-state index is 12.5. The fourth-order valence-electron chi connectivity index (χ4n) is 3.07. The standard InChI is InChI=1S/C20H16N4O6S2/c25-19(13-24-20(26)17-5-1-2-6-18(17)32(24,29)30)22-14-7-9-16(10-8-14)31(27,28)23-15-4-3-11-21-12-15/h1-12,23H,13H2,(H,22,25). The molecule has 0 aliphatic carbocycles. The number of aromatic nitrogens is 1. The van der Waals surface area contributed by atoms with Gasteiger partial charge in [0.25, 0.3) is 26.0 Å². The average molecular weight is 473 g/mol. The second kappa shape index (κ2) is 8.05. The minimum absolute atomic E-state index is 0.0102. The number of fused-ring (bicyclic) bond motifs is 1. The lowest BCUT2D eigenvalue weighted by molar-refractivity contribution is -0.116. The predicted octanol–water partition coefficient (Wildman–Crippen LogP) is 1.67. The SMILES string of the molecule is O=C(CN1C(=O)c2ccccc2S1(=O)=O)Nc1ccc(S(=O)(=O)Nc2cccnc2)cc1. The van der Waals surface area contributed by atoms with E-state index >= 15 is 0 Å². The third-order valence-electron chi connectivity index (χ3n) is 4.56. The Kier molecular flexibility index (Phi) is 5.40. The van der Waals surface area contributed by atoms with Crippen LogP contribution in [0, 0.1) is 0 Å². The maximum atomic E-state index is 12.5. The summed E-state index contributed by atoms with van der Waals surface area (Å²) in [6.07, 6.45) is 2.87. The summed E-state index contributed by atoms with van der Waals surface area (Å²) in [4.78, 5) is 28.4. The number of sulfonamides is 2. The predicted molar refractivity (Wildman–Crippen MR) is 115 cm³/mol. The quantitative estimate of drug-likeness (QED) is 0.555. The summed E-state index contributed by atoms with van der Waals surface area (Å²) in [5.74, 6) is -1.53. The van der Waals surface area contributed by atoms with E-state index in [0.717, 1.165) is 0 Å². The van der Waals surface area contributed by atoms with E-state index in [4.69, 9.17) is 0 Å². The van der Waals surface area contributed by atoms with Crippen LogP contribution in [0.4, 0.5) is 11.4 Å². The molecule has 12 heteroatoms. The molecule has 2 aromatic carbocycles. The third kappa shape index (κ3) is 4.05. The molecule has 2 N–H and O–H groups in total. The topological polar surface area (TPSA) is 143 Å². The van der Waals surface area contributed by atoms with Crippen molar-refractivity contribution in [2.75, 3.05) is 16.6 Å². The van der Waals surface area contributed by atoms with E-state index in [9.17, 15) is 26.4 Å². The van der Waals surface area contributed by atoms with Crippen molar-refractivity contribution in [2.45, 2.75) is 9.79 Å². The molecule has 1 aliphatic heterocycles. The van der Waals surface area contributed by atoms with Crippen molar-refractivity contribution in [2.24, 2.45) is 0 Å². The first kappa shape index (κ1) is 21.5. The summed E-state index contributed by atoms with van der Waals surface area (Å²) in [6, 6.07) is 14.1. The van der Waals surface area contributed by atoms with Crippen LogP contribution in [0.1, 0.15) is 10.4 Å². The van der Waals surface area contributed by atoms with Crippen LogP contribution in [0.3, 0.4) is 0 Å². The van der Waals surface area contributed by atoms with Gasteiger partial charge in [0.2, 0.25) is 5.91 Å². The molecule has 0 saturated heterocycles. The van der Waals surface area contributed by atoms with Gasteiger partial charge in [-0.1, -0.05) is 12.1 Å². The van der Waals surface area contributed by atoms with Crippen LogP contribution < -0.4 is 10.0 Å². The summed E-state index contributed by atoms with van der Waals surface area (Å²) in [5.41, 5.74) is 0.537. The van der Waals surface area contributed by atoms with Crippen LogP contribution in [0.2, 0.25) is 0 Å². The van der Waals surface area contributed by atoms with Crippen molar-refractivity contribution < 1.29 is 26.4 Å². The van der Waals surface area contributed by atoms with Gasteiger partial charge in [0.1, 0.15) is 11.4 Å². The molecule has 0 radical (unpaired) electrons.